The van der Waals surface area contributed by atoms with Crippen LogP contribution in [0.2, 0.25) is 0 Å². The average molecular weight is 492 g/mol. The van der Waals surface area contributed by atoms with Crippen LogP contribution in [0.3, 0.4) is 0 Å². The number of aromatic nitrogens is 1. The van der Waals surface area contributed by atoms with Gasteiger partial charge in [0.05, 0.1) is 10.6 Å². The van der Waals surface area contributed by atoms with Gasteiger partial charge >= 0.3 is 0 Å². The molecule has 0 saturated carbocycles. The van der Waals surface area contributed by atoms with E-state index in [-0.39, 0.29) is 16.6 Å². The number of carbonyl (C=O) groups excluding carboxylic acids is 1. The summed E-state index contributed by atoms with van der Waals surface area (Å²) in [7, 11) is -3.78. The van der Waals surface area contributed by atoms with Crippen LogP contribution in [0, 0.1) is 0 Å². The number of hydrogen-bond donors (Lipinski definition) is 1. The van der Waals surface area contributed by atoms with Crippen LogP contribution in [0.5, 0.6) is 0 Å². The van der Waals surface area contributed by atoms with Crippen LogP contribution in [0.1, 0.15) is 5.56 Å². The molecule has 172 valence electrons. The molecule has 1 aromatic heterocycles. The second-order valence-corrected chi connectivity index (χ2v) is 10.3. The third-order valence-corrected chi connectivity index (χ3v) is 7.31. The molecule has 0 bridgehead atoms. The van der Waals surface area contributed by atoms with E-state index in [1.165, 1.54) is 23.9 Å². The molecule has 1 aliphatic rings. The molecule has 0 unspecified atom stereocenters. The summed E-state index contributed by atoms with van der Waals surface area (Å²) in [6.07, 6.45) is 0.574. The Hall–Kier alpha value is -3.40. The number of anilines is 1. The van der Waals surface area contributed by atoms with E-state index >= 15 is 0 Å². The number of fused-ring (bicyclic) bond motifs is 1. The molecule has 2 heterocycles. The van der Waals surface area contributed by atoms with E-state index in [0.717, 1.165) is 22.4 Å². The lowest BCUT2D eigenvalue weighted by atomic mass is 10.1. The van der Waals surface area contributed by atoms with Crippen molar-refractivity contribution in [1.29, 1.82) is 0 Å². The Morgan fingerprint density at radius 2 is 1.68 bits per heavy atom. The zero-order chi connectivity index (χ0) is 23.7. The van der Waals surface area contributed by atoms with E-state index in [0.29, 0.717) is 29.6 Å². The molecule has 4 aromatic rings. The molecular formula is C25H21N3O4S2. The van der Waals surface area contributed by atoms with Crippen molar-refractivity contribution in [1.82, 2.24) is 4.98 Å². The fraction of sp³-hybridized carbons (Fsp3) is 0.120. The van der Waals surface area contributed by atoms with E-state index < -0.39 is 10.0 Å². The quantitative estimate of drug-likeness (QED) is 0.402. The molecule has 9 heteroatoms. The third-order valence-electron chi connectivity index (χ3n) is 5.59. The SMILES string of the molecule is NS(=O)(=O)c1ccc2c(c1)CCN2C(=O)CSc1nc(-c2ccccc2)c(-c2ccccc2)o1. The number of nitrogens with zero attached hydrogens (tertiary/aromatic N) is 2. The smallest absolute Gasteiger partial charge is 0.257 e. The molecule has 0 fully saturated rings. The first-order valence-corrected chi connectivity index (χ1v) is 13.1. The minimum atomic E-state index is -3.78. The van der Waals surface area contributed by atoms with Crippen molar-refractivity contribution in [2.24, 2.45) is 5.14 Å². The number of oxazole rings is 1. The molecule has 1 amide bonds. The molecule has 5 rings (SSSR count). The zero-order valence-corrected chi connectivity index (χ0v) is 19.7. The highest BCUT2D eigenvalue weighted by molar-refractivity contribution is 7.99. The van der Waals surface area contributed by atoms with Gasteiger partial charge in [0.15, 0.2) is 5.76 Å². The minimum Gasteiger partial charge on any atom is -0.431 e. The summed E-state index contributed by atoms with van der Waals surface area (Å²) in [5, 5.41) is 5.64. The first-order chi connectivity index (χ1) is 16.4. The van der Waals surface area contributed by atoms with Crippen molar-refractivity contribution in [2.45, 2.75) is 16.5 Å². The van der Waals surface area contributed by atoms with Crippen molar-refractivity contribution in [3.05, 3.63) is 84.4 Å². The predicted octanol–water partition coefficient (Wildman–Crippen LogP) is 4.34. The van der Waals surface area contributed by atoms with Gasteiger partial charge in [0, 0.05) is 23.4 Å². The highest BCUT2D eigenvalue weighted by Gasteiger charge is 2.27. The third kappa shape index (κ3) is 4.50. The van der Waals surface area contributed by atoms with Gasteiger partial charge in [0.1, 0.15) is 5.69 Å². The molecule has 0 atom stereocenters. The second kappa shape index (κ2) is 9.09. The Morgan fingerprint density at radius 3 is 2.35 bits per heavy atom. The topological polar surface area (TPSA) is 106 Å². The Balaban J connectivity index is 1.36. The van der Waals surface area contributed by atoms with Gasteiger partial charge < -0.3 is 9.32 Å². The van der Waals surface area contributed by atoms with Gasteiger partial charge in [-0.1, -0.05) is 72.4 Å². The van der Waals surface area contributed by atoms with E-state index in [1.807, 2.05) is 60.7 Å². The zero-order valence-electron chi connectivity index (χ0n) is 18.0. The molecule has 3 aromatic carbocycles. The molecule has 0 spiro atoms. The van der Waals surface area contributed by atoms with E-state index in [1.54, 1.807) is 11.0 Å². The number of carbonyl (C=O) groups is 1. The first-order valence-electron chi connectivity index (χ1n) is 10.6. The van der Waals surface area contributed by atoms with Gasteiger partial charge in [-0.2, -0.15) is 0 Å². The monoisotopic (exact) mass is 491 g/mol. The number of amides is 1. The summed E-state index contributed by atoms with van der Waals surface area (Å²) in [6.45, 7) is 0.485. The van der Waals surface area contributed by atoms with Gasteiger partial charge in [-0.15, -0.1) is 0 Å². The summed E-state index contributed by atoms with van der Waals surface area (Å²) in [5.74, 6) is 0.691. The normalized spacial score (nSPS) is 13.1. The van der Waals surface area contributed by atoms with Crippen molar-refractivity contribution in [2.75, 3.05) is 17.2 Å². The number of primary sulfonamides is 1. The molecule has 1 aliphatic heterocycles. The van der Waals surface area contributed by atoms with Gasteiger partial charge in [-0.05, 0) is 30.2 Å². The number of sulfonamides is 1. The van der Waals surface area contributed by atoms with Gasteiger partial charge in [0.2, 0.25) is 15.9 Å². The average Bonchev–Trinajstić information content (AvgIpc) is 3.47. The molecule has 0 radical (unpaired) electrons. The van der Waals surface area contributed by atoms with Crippen molar-refractivity contribution >= 4 is 33.4 Å². The van der Waals surface area contributed by atoms with Crippen LogP contribution in [-0.4, -0.2) is 31.6 Å². The van der Waals surface area contributed by atoms with Crippen LogP contribution in [0.25, 0.3) is 22.6 Å². The molecule has 34 heavy (non-hydrogen) atoms. The van der Waals surface area contributed by atoms with Crippen LogP contribution < -0.4 is 10.0 Å². The fourth-order valence-corrected chi connectivity index (χ4v) is 5.22. The minimum absolute atomic E-state index is 0.0524. The van der Waals surface area contributed by atoms with Crippen LogP contribution in [0.15, 0.2) is 93.4 Å². The highest BCUT2D eigenvalue weighted by atomic mass is 32.2. The van der Waals surface area contributed by atoms with Gasteiger partial charge in [-0.25, -0.2) is 18.5 Å². The maximum Gasteiger partial charge on any atom is 0.257 e. The Labute approximate surface area is 201 Å². The molecule has 2 N–H and O–H groups in total. The Morgan fingerprint density at radius 1 is 1.00 bits per heavy atom. The van der Waals surface area contributed by atoms with Crippen LogP contribution in [0.4, 0.5) is 5.69 Å². The van der Waals surface area contributed by atoms with Crippen LogP contribution >= 0.6 is 11.8 Å². The molecule has 7 nitrogen and oxygen atoms in total. The predicted molar refractivity (Wildman–Crippen MR) is 132 cm³/mol. The van der Waals surface area contributed by atoms with Gasteiger partial charge in [0.25, 0.3) is 5.22 Å². The Kier molecular flexibility index (Phi) is 5.99. The standard InChI is InChI=1S/C25H21N3O4S2/c26-34(30,31)20-11-12-21-19(15-20)13-14-28(21)22(29)16-33-25-27-23(17-7-3-1-4-8-17)24(32-25)18-9-5-2-6-10-18/h1-12,15H,13-14,16H2,(H2,26,30,31). The Bertz CT molecular complexity index is 1400. The lowest BCUT2D eigenvalue weighted by molar-refractivity contribution is -0.116. The number of hydrogen-bond acceptors (Lipinski definition) is 6. The van der Waals surface area contributed by atoms with Crippen molar-refractivity contribution in [3.8, 4) is 22.6 Å². The number of nitrogens with two attached hydrogens (primary N) is 1. The summed E-state index contributed by atoms with van der Waals surface area (Å²) in [5.41, 5.74) is 4.07. The van der Waals surface area contributed by atoms with E-state index in [2.05, 4.69) is 4.98 Å². The lowest BCUT2D eigenvalue weighted by Crippen LogP contribution is -2.30. The first kappa shape index (κ1) is 22.4. The largest absolute Gasteiger partial charge is 0.431 e. The summed E-state index contributed by atoms with van der Waals surface area (Å²) >= 11 is 1.24. The maximum atomic E-state index is 13.0. The lowest BCUT2D eigenvalue weighted by Gasteiger charge is -2.16. The van der Waals surface area contributed by atoms with E-state index in [4.69, 9.17) is 9.56 Å². The number of thioether (sulfide) groups is 1. The number of benzene rings is 3. The maximum absolute atomic E-state index is 13.0. The number of rotatable bonds is 6. The fourth-order valence-electron chi connectivity index (χ4n) is 3.95. The highest BCUT2D eigenvalue weighted by Crippen LogP contribution is 2.36. The van der Waals surface area contributed by atoms with Crippen LogP contribution in [-0.2, 0) is 21.2 Å². The second-order valence-electron chi connectivity index (χ2n) is 7.81. The van der Waals surface area contributed by atoms with Crippen molar-refractivity contribution < 1.29 is 17.6 Å². The molecular weight excluding hydrogens is 470 g/mol. The molecule has 0 saturated heterocycles. The summed E-state index contributed by atoms with van der Waals surface area (Å²) in [4.78, 5) is 19.4. The van der Waals surface area contributed by atoms with Crippen molar-refractivity contribution in [3.63, 3.8) is 0 Å². The summed E-state index contributed by atoms with van der Waals surface area (Å²) in [6, 6.07) is 24.1. The molecule has 0 aliphatic carbocycles. The van der Waals surface area contributed by atoms with E-state index in [9.17, 15) is 13.2 Å². The summed E-state index contributed by atoms with van der Waals surface area (Å²) < 4.78 is 29.3. The van der Waals surface area contributed by atoms with Gasteiger partial charge in [-0.3, -0.25) is 4.79 Å².